The van der Waals surface area contributed by atoms with Crippen LogP contribution in [-0.2, 0) is 6.42 Å². The molecule has 0 aliphatic heterocycles. The number of hydrogen-bond acceptors (Lipinski definition) is 7. The third-order valence-electron chi connectivity index (χ3n) is 6.36. The van der Waals surface area contributed by atoms with E-state index in [0.29, 0.717) is 0 Å². The highest BCUT2D eigenvalue weighted by Gasteiger charge is 2.14. The molecule has 0 radical (unpaired) electrons. The molecule has 0 unspecified atom stereocenters. The maximum Gasteiger partial charge on any atom is 0.229 e. The van der Waals surface area contributed by atoms with Crippen molar-refractivity contribution in [2.24, 2.45) is 0 Å². The van der Waals surface area contributed by atoms with Gasteiger partial charge in [0.2, 0.25) is 5.95 Å². The number of aryl methyl sites for hydroxylation is 1. The van der Waals surface area contributed by atoms with Gasteiger partial charge in [0.05, 0.1) is 0 Å². The molecule has 0 fully saturated rings. The molecular formula is C29H43N7. The van der Waals surface area contributed by atoms with Crippen LogP contribution in [0.15, 0.2) is 54.7 Å². The predicted molar refractivity (Wildman–Crippen MR) is 154 cm³/mol. The summed E-state index contributed by atoms with van der Waals surface area (Å²) in [4.78, 5) is 20.5. The molecule has 0 aliphatic carbocycles. The highest BCUT2D eigenvalue weighted by Crippen LogP contribution is 2.23. The number of rotatable bonds is 15. The number of nitrogens with zero attached hydrogens (tertiary/aromatic N) is 6. The highest BCUT2D eigenvalue weighted by atomic mass is 15.3. The zero-order chi connectivity index (χ0) is 25.8. The zero-order valence-corrected chi connectivity index (χ0v) is 22.7. The van der Waals surface area contributed by atoms with Crippen molar-refractivity contribution in [3.63, 3.8) is 0 Å². The first-order valence-electron chi connectivity index (χ1n) is 13.3. The topological polar surface area (TPSA) is 60.4 Å². The van der Waals surface area contributed by atoms with Crippen LogP contribution < -0.4 is 20.0 Å². The minimum atomic E-state index is 0.726. The van der Waals surface area contributed by atoms with E-state index in [0.717, 1.165) is 55.1 Å². The monoisotopic (exact) mass is 489 g/mol. The van der Waals surface area contributed by atoms with Gasteiger partial charge in [-0.2, -0.15) is 9.97 Å². The molecule has 3 aromatic rings. The van der Waals surface area contributed by atoms with Crippen molar-refractivity contribution in [3.05, 3.63) is 60.3 Å². The van der Waals surface area contributed by atoms with Gasteiger partial charge in [0, 0.05) is 58.7 Å². The first-order chi connectivity index (χ1) is 17.5. The Morgan fingerprint density at radius 1 is 0.806 bits per heavy atom. The van der Waals surface area contributed by atoms with Crippen molar-refractivity contribution in [2.75, 3.05) is 60.8 Å². The zero-order valence-electron chi connectivity index (χ0n) is 22.7. The van der Waals surface area contributed by atoms with Gasteiger partial charge in [-0.15, -0.1) is 0 Å². The van der Waals surface area contributed by atoms with E-state index in [-0.39, 0.29) is 0 Å². The van der Waals surface area contributed by atoms with E-state index in [9.17, 15) is 0 Å². The van der Waals surface area contributed by atoms with Crippen LogP contribution >= 0.6 is 0 Å². The molecule has 2 aromatic heterocycles. The summed E-state index contributed by atoms with van der Waals surface area (Å²) in [7, 11) is 6.09. The fourth-order valence-electron chi connectivity index (χ4n) is 4.06. The normalized spacial score (nSPS) is 10.8. The van der Waals surface area contributed by atoms with Crippen molar-refractivity contribution < 1.29 is 0 Å². The molecule has 3 rings (SSSR count). The van der Waals surface area contributed by atoms with Gasteiger partial charge < -0.3 is 20.0 Å². The summed E-state index contributed by atoms with van der Waals surface area (Å²) in [6.45, 7) is 6.84. The number of nitrogens with one attached hydrogen (secondary N) is 1. The van der Waals surface area contributed by atoms with Gasteiger partial charge in [-0.25, -0.2) is 4.98 Å². The van der Waals surface area contributed by atoms with Crippen LogP contribution in [0.5, 0.6) is 0 Å². The van der Waals surface area contributed by atoms with Gasteiger partial charge in [-0.3, -0.25) is 0 Å². The van der Waals surface area contributed by atoms with E-state index in [1.165, 1.54) is 37.7 Å². The molecule has 0 aliphatic rings. The Kier molecular flexibility index (Phi) is 10.8. The fraction of sp³-hybridized carbons (Fsp3) is 0.483. The van der Waals surface area contributed by atoms with E-state index in [4.69, 9.17) is 9.97 Å². The van der Waals surface area contributed by atoms with Crippen LogP contribution in [0.4, 0.5) is 29.1 Å². The molecule has 7 nitrogen and oxygen atoms in total. The summed E-state index contributed by atoms with van der Waals surface area (Å²) in [5.74, 6) is 3.36. The molecule has 0 saturated heterocycles. The Morgan fingerprint density at radius 3 is 2.25 bits per heavy atom. The standard InChI is InChI=1S/C29H43N7/c1-6-8-9-10-11-14-24-16-18-25(19-17-24)31-26-23-28(34(3)4)33-29(32-26)36(7-2)22-21-35(5)27-15-12-13-20-30-27/h12-13,15-20,23H,6-11,14,21-22H2,1-5H3,(H,31,32,33). The van der Waals surface area contributed by atoms with E-state index < -0.39 is 0 Å². The quantitative estimate of drug-likeness (QED) is 0.257. The number of unbranched alkanes of at least 4 members (excludes halogenated alkanes) is 4. The molecule has 7 heteroatoms. The molecule has 0 atom stereocenters. The number of aromatic nitrogens is 3. The van der Waals surface area contributed by atoms with Crippen LogP contribution in [0.1, 0.15) is 51.5 Å². The van der Waals surface area contributed by atoms with E-state index in [1.807, 2.05) is 49.5 Å². The molecule has 2 heterocycles. The van der Waals surface area contributed by atoms with Crippen molar-refractivity contribution in [1.82, 2.24) is 15.0 Å². The number of anilines is 5. The summed E-state index contributed by atoms with van der Waals surface area (Å²) in [6.07, 6.45) is 9.52. The van der Waals surface area contributed by atoms with E-state index in [1.54, 1.807) is 0 Å². The van der Waals surface area contributed by atoms with Gasteiger partial charge in [-0.1, -0.05) is 50.8 Å². The molecule has 1 aromatic carbocycles. The molecule has 194 valence electrons. The Bertz CT molecular complexity index is 1020. The van der Waals surface area contributed by atoms with Crippen molar-refractivity contribution >= 4 is 29.1 Å². The van der Waals surface area contributed by atoms with Gasteiger partial charge in [0.1, 0.15) is 17.5 Å². The number of pyridine rings is 1. The number of benzene rings is 1. The van der Waals surface area contributed by atoms with Gasteiger partial charge in [0.15, 0.2) is 0 Å². The average Bonchev–Trinajstić information content (AvgIpc) is 2.90. The van der Waals surface area contributed by atoms with Crippen LogP contribution in [0.3, 0.4) is 0 Å². The van der Waals surface area contributed by atoms with Crippen molar-refractivity contribution in [1.29, 1.82) is 0 Å². The highest BCUT2D eigenvalue weighted by molar-refractivity contribution is 5.62. The molecule has 0 saturated carbocycles. The minimum Gasteiger partial charge on any atom is -0.363 e. The second-order valence-corrected chi connectivity index (χ2v) is 9.48. The Hall–Kier alpha value is -3.35. The number of likely N-dealkylation sites (N-methyl/N-ethyl adjacent to an activating group) is 2. The van der Waals surface area contributed by atoms with Crippen molar-refractivity contribution in [2.45, 2.75) is 52.4 Å². The summed E-state index contributed by atoms with van der Waals surface area (Å²) in [6, 6.07) is 16.7. The van der Waals surface area contributed by atoms with Crippen LogP contribution in [0, 0.1) is 0 Å². The lowest BCUT2D eigenvalue weighted by Gasteiger charge is -2.26. The Morgan fingerprint density at radius 2 is 1.58 bits per heavy atom. The molecule has 0 bridgehead atoms. The summed E-state index contributed by atoms with van der Waals surface area (Å²) in [5, 5.41) is 3.50. The maximum absolute atomic E-state index is 4.88. The summed E-state index contributed by atoms with van der Waals surface area (Å²) < 4.78 is 0. The third-order valence-corrected chi connectivity index (χ3v) is 6.36. The van der Waals surface area contributed by atoms with Gasteiger partial charge in [-0.05, 0) is 49.6 Å². The van der Waals surface area contributed by atoms with Gasteiger partial charge >= 0.3 is 0 Å². The van der Waals surface area contributed by atoms with Gasteiger partial charge in [0.25, 0.3) is 0 Å². The molecule has 0 amide bonds. The SMILES string of the molecule is CCCCCCCc1ccc(Nc2cc(N(C)C)nc(N(CC)CCN(C)c3ccccn3)n2)cc1. The van der Waals surface area contributed by atoms with Crippen molar-refractivity contribution in [3.8, 4) is 0 Å². The lowest BCUT2D eigenvalue weighted by Crippen LogP contribution is -2.34. The fourth-order valence-corrected chi connectivity index (χ4v) is 4.06. The lowest BCUT2D eigenvalue weighted by molar-refractivity contribution is 0.632. The molecule has 0 spiro atoms. The first-order valence-corrected chi connectivity index (χ1v) is 13.3. The Balaban J connectivity index is 1.67. The Labute approximate surface area is 217 Å². The van der Waals surface area contributed by atoms with Crippen LogP contribution in [-0.4, -0.2) is 55.7 Å². The largest absolute Gasteiger partial charge is 0.363 e. The van der Waals surface area contributed by atoms with E-state index in [2.05, 4.69) is 65.3 Å². The summed E-state index contributed by atoms with van der Waals surface area (Å²) in [5.41, 5.74) is 2.43. The van der Waals surface area contributed by atoms with Crippen LogP contribution in [0.2, 0.25) is 0 Å². The smallest absolute Gasteiger partial charge is 0.229 e. The second kappa shape index (κ2) is 14.3. The first kappa shape index (κ1) is 27.2. The maximum atomic E-state index is 4.88. The minimum absolute atomic E-state index is 0.726. The third kappa shape index (κ3) is 8.40. The lowest BCUT2D eigenvalue weighted by atomic mass is 10.1. The number of hydrogen-bond donors (Lipinski definition) is 1. The predicted octanol–water partition coefficient (Wildman–Crippen LogP) is 6.16. The molecular weight excluding hydrogens is 446 g/mol. The average molecular weight is 490 g/mol. The second-order valence-electron chi connectivity index (χ2n) is 9.48. The summed E-state index contributed by atoms with van der Waals surface area (Å²) >= 11 is 0. The van der Waals surface area contributed by atoms with E-state index >= 15 is 0 Å². The molecule has 1 N–H and O–H groups in total. The molecule has 36 heavy (non-hydrogen) atoms. The van der Waals surface area contributed by atoms with Crippen LogP contribution in [0.25, 0.3) is 0 Å².